The standard InChI is InChI=1S/C33H26ClN3O4S/c1-3-40-25-15-11-22(12-16-25)30-29(31(38)36-24-7-5-4-6-8-24)20(2)35-33-37(30)32(39)28(42-33)19-26-17-18-27(41-26)21-9-13-23(34)14-10-21/h4-19,30H,3H2,1-2H3,(H,36,38)/b28-19-/t30-/m1/s1. The van der Waals surface area contributed by atoms with Crippen LogP contribution in [0.25, 0.3) is 17.4 Å². The molecular formula is C33H26ClN3O4S. The fourth-order valence-electron chi connectivity index (χ4n) is 4.89. The van der Waals surface area contributed by atoms with Crippen molar-refractivity contribution in [2.75, 3.05) is 11.9 Å². The molecule has 2 aromatic heterocycles. The Kier molecular flexibility index (Phi) is 7.65. The molecule has 0 unspecified atom stereocenters. The number of hydrogen-bond donors (Lipinski definition) is 1. The van der Waals surface area contributed by atoms with Crippen molar-refractivity contribution in [3.63, 3.8) is 0 Å². The molecule has 3 heterocycles. The molecule has 0 radical (unpaired) electrons. The fourth-order valence-corrected chi connectivity index (χ4v) is 6.04. The van der Waals surface area contributed by atoms with Crippen LogP contribution in [0.15, 0.2) is 116 Å². The van der Waals surface area contributed by atoms with Gasteiger partial charge in [-0.1, -0.05) is 53.3 Å². The van der Waals surface area contributed by atoms with Gasteiger partial charge in [-0.2, -0.15) is 0 Å². The molecule has 1 aliphatic rings. The molecule has 9 heteroatoms. The Morgan fingerprint density at radius 2 is 1.79 bits per heavy atom. The Labute approximate surface area is 250 Å². The number of furan rings is 1. The maximum atomic E-state index is 14.0. The fraction of sp³-hybridized carbons (Fsp3) is 0.121. The lowest BCUT2D eigenvalue weighted by Crippen LogP contribution is -2.40. The molecule has 0 saturated heterocycles. The van der Waals surface area contributed by atoms with E-state index in [1.54, 1.807) is 29.7 Å². The third-order valence-electron chi connectivity index (χ3n) is 6.83. The van der Waals surface area contributed by atoms with Gasteiger partial charge >= 0.3 is 0 Å². The molecule has 0 spiro atoms. The van der Waals surface area contributed by atoms with Gasteiger partial charge in [0.2, 0.25) is 0 Å². The number of fused-ring (bicyclic) bond motifs is 1. The Balaban J connectivity index is 1.44. The molecule has 7 nitrogen and oxygen atoms in total. The lowest BCUT2D eigenvalue weighted by molar-refractivity contribution is -0.113. The van der Waals surface area contributed by atoms with Crippen molar-refractivity contribution in [2.24, 2.45) is 4.99 Å². The van der Waals surface area contributed by atoms with Crippen LogP contribution in [0.2, 0.25) is 5.02 Å². The molecule has 210 valence electrons. The summed E-state index contributed by atoms with van der Waals surface area (Å²) in [7, 11) is 0. The van der Waals surface area contributed by atoms with Crippen LogP contribution in [-0.2, 0) is 4.79 Å². The van der Waals surface area contributed by atoms with Crippen LogP contribution >= 0.6 is 22.9 Å². The number of carbonyl (C=O) groups excluding carboxylic acids is 1. The van der Waals surface area contributed by atoms with Gasteiger partial charge in [-0.15, -0.1) is 0 Å². The predicted molar refractivity (Wildman–Crippen MR) is 166 cm³/mol. The first-order chi connectivity index (χ1) is 20.4. The average Bonchev–Trinajstić information content (AvgIpc) is 3.58. The summed E-state index contributed by atoms with van der Waals surface area (Å²) in [6, 6.07) is 27.0. The maximum Gasteiger partial charge on any atom is 0.271 e. The highest BCUT2D eigenvalue weighted by Gasteiger charge is 2.32. The van der Waals surface area contributed by atoms with Crippen molar-refractivity contribution < 1.29 is 13.9 Å². The first-order valence-electron chi connectivity index (χ1n) is 13.4. The quantitative estimate of drug-likeness (QED) is 0.243. The number of aromatic nitrogens is 1. The van der Waals surface area contributed by atoms with Crippen molar-refractivity contribution >= 4 is 40.6 Å². The number of benzene rings is 3. The number of carbonyl (C=O) groups is 1. The third kappa shape index (κ3) is 5.46. The molecule has 6 rings (SSSR count). The zero-order chi connectivity index (χ0) is 29.2. The number of rotatable bonds is 7. The summed E-state index contributed by atoms with van der Waals surface area (Å²) in [6.07, 6.45) is 1.71. The van der Waals surface area contributed by atoms with Gasteiger partial charge in [0, 0.05) is 22.3 Å². The van der Waals surface area contributed by atoms with E-state index in [1.165, 1.54) is 11.3 Å². The van der Waals surface area contributed by atoms with Crippen molar-refractivity contribution in [1.29, 1.82) is 0 Å². The number of halogens is 1. The lowest BCUT2D eigenvalue weighted by Gasteiger charge is -2.25. The minimum atomic E-state index is -0.691. The van der Waals surface area contributed by atoms with E-state index in [0.717, 1.165) is 11.1 Å². The van der Waals surface area contributed by atoms with E-state index >= 15 is 0 Å². The van der Waals surface area contributed by atoms with Crippen LogP contribution in [0.5, 0.6) is 5.75 Å². The minimum absolute atomic E-state index is 0.264. The second-order valence-electron chi connectivity index (χ2n) is 9.61. The van der Waals surface area contributed by atoms with Gasteiger partial charge in [-0.05, 0) is 80.1 Å². The Bertz CT molecular complexity index is 1970. The van der Waals surface area contributed by atoms with Gasteiger partial charge in [0.05, 0.1) is 28.5 Å². The first kappa shape index (κ1) is 27.5. The van der Waals surface area contributed by atoms with Crippen molar-refractivity contribution in [3.05, 3.63) is 138 Å². The highest BCUT2D eigenvalue weighted by molar-refractivity contribution is 7.07. The van der Waals surface area contributed by atoms with Crippen LogP contribution in [0.1, 0.15) is 31.2 Å². The molecule has 1 N–H and O–H groups in total. The Morgan fingerprint density at radius 1 is 1.05 bits per heavy atom. The molecule has 42 heavy (non-hydrogen) atoms. The number of allylic oxidation sites excluding steroid dienone is 1. The van der Waals surface area contributed by atoms with E-state index in [0.29, 0.717) is 55.2 Å². The molecule has 1 amide bonds. The van der Waals surface area contributed by atoms with Crippen molar-refractivity contribution in [1.82, 2.24) is 4.57 Å². The second-order valence-corrected chi connectivity index (χ2v) is 11.1. The second kappa shape index (κ2) is 11.7. The zero-order valence-electron chi connectivity index (χ0n) is 22.8. The topological polar surface area (TPSA) is 85.8 Å². The van der Waals surface area contributed by atoms with E-state index in [2.05, 4.69) is 5.32 Å². The van der Waals surface area contributed by atoms with E-state index in [-0.39, 0.29) is 11.5 Å². The number of thiazole rings is 1. The van der Waals surface area contributed by atoms with Crippen LogP contribution in [0.3, 0.4) is 0 Å². The molecule has 5 aromatic rings. The van der Waals surface area contributed by atoms with Gasteiger partial charge in [0.25, 0.3) is 11.5 Å². The summed E-state index contributed by atoms with van der Waals surface area (Å²) in [5.41, 5.74) is 2.96. The Morgan fingerprint density at radius 3 is 2.50 bits per heavy atom. The number of nitrogens with one attached hydrogen (secondary N) is 1. The number of amides is 1. The molecular weight excluding hydrogens is 570 g/mol. The average molecular weight is 596 g/mol. The minimum Gasteiger partial charge on any atom is -0.494 e. The van der Waals surface area contributed by atoms with Crippen LogP contribution in [-0.4, -0.2) is 17.1 Å². The van der Waals surface area contributed by atoms with E-state index in [4.69, 9.17) is 25.7 Å². The molecule has 0 bridgehead atoms. The normalized spacial score (nSPS) is 14.8. The smallest absolute Gasteiger partial charge is 0.271 e. The number of nitrogens with zero attached hydrogens (tertiary/aromatic N) is 2. The molecule has 0 aliphatic carbocycles. The molecule has 3 aromatic carbocycles. The molecule has 1 atom stereocenters. The number of hydrogen-bond acceptors (Lipinski definition) is 6. The van der Waals surface area contributed by atoms with Crippen LogP contribution < -0.4 is 24.9 Å². The lowest BCUT2D eigenvalue weighted by atomic mass is 9.95. The SMILES string of the molecule is CCOc1ccc([C@@H]2C(C(=O)Nc3ccccc3)=C(C)N=c3s/c(=C\c4ccc(-c5ccc(Cl)cc5)o4)c(=O)n32)cc1. The summed E-state index contributed by atoms with van der Waals surface area (Å²) in [5, 5.41) is 3.61. The van der Waals surface area contributed by atoms with Gasteiger partial charge in [0.15, 0.2) is 4.80 Å². The summed E-state index contributed by atoms with van der Waals surface area (Å²) >= 11 is 7.28. The molecule has 0 fully saturated rings. The van der Waals surface area contributed by atoms with Gasteiger partial charge in [-0.3, -0.25) is 14.2 Å². The largest absolute Gasteiger partial charge is 0.494 e. The van der Waals surface area contributed by atoms with E-state index in [1.807, 2.05) is 85.8 Å². The molecule has 1 aliphatic heterocycles. The number of para-hydroxylation sites is 1. The summed E-state index contributed by atoms with van der Waals surface area (Å²) in [5.74, 6) is 1.57. The van der Waals surface area contributed by atoms with E-state index in [9.17, 15) is 9.59 Å². The van der Waals surface area contributed by atoms with Gasteiger partial charge < -0.3 is 14.5 Å². The van der Waals surface area contributed by atoms with Gasteiger partial charge in [-0.25, -0.2) is 4.99 Å². The third-order valence-corrected chi connectivity index (χ3v) is 8.07. The number of anilines is 1. The highest BCUT2D eigenvalue weighted by atomic mass is 35.5. The zero-order valence-corrected chi connectivity index (χ0v) is 24.4. The number of ether oxygens (including phenoxy) is 1. The molecule has 0 saturated carbocycles. The monoisotopic (exact) mass is 595 g/mol. The highest BCUT2D eigenvalue weighted by Crippen LogP contribution is 2.32. The van der Waals surface area contributed by atoms with Crippen molar-refractivity contribution in [3.8, 4) is 17.1 Å². The summed E-state index contributed by atoms with van der Waals surface area (Å²) < 4.78 is 13.7. The van der Waals surface area contributed by atoms with Crippen LogP contribution in [0.4, 0.5) is 5.69 Å². The van der Waals surface area contributed by atoms with Gasteiger partial charge in [0.1, 0.15) is 17.3 Å². The first-order valence-corrected chi connectivity index (χ1v) is 14.6. The predicted octanol–water partition coefficient (Wildman–Crippen LogP) is 6.19. The van der Waals surface area contributed by atoms with Crippen molar-refractivity contribution in [2.45, 2.75) is 19.9 Å². The van der Waals surface area contributed by atoms with Crippen LogP contribution in [0, 0.1) is 0 Å². The Hall–Kier alpha value is -4.66. The maximum absolute atomic E-state index is 14.0. The summed E-state index contributed by atoms with van der Waals surface area (Å²) in [4.78, 5) is 32.9. The van der Waals surface area contributed by atoms with E-state index < -0.39 is 6.04 Å². The summed E-state index contributed by atoms with van der Waals surface area (Å²) in [6.45, 7) is 4.25.